The molecule has 2 aliphatic heterocycles. The lowest BCUT2D eigenvalue weighted by Crippen LogP contribution is -2.50. The Morgan fingerprint density at radius 2 is 1.78 bits per heavy atom. The van der Waals surface area contributed by atoms with Crippen LogP contribution >= 0.6 is 0 Å². The fourth-order valence-corrected chi connectivity index (χ4v) is 6.25. The Kier molecular flexibility index (Phi) is 7.40. The molecule has 202 valence electrons. The van der Waals surface area contributed by atoms with Gasteiger partial charge in [0.05, 0.1) is 24.9 Å². The van der Waals surface area contributed by atoms with E-state index in [1.165, 1.54) is 6.26 Å². The van der Waals surface area contributed by atoms with Gasteiger partial charge in [0.15, 0.2) is 15.7 Å². The van der Waals surface area contributed by atoms with Gasteiger partial charge in [0.1, 0.15) is 16.2 Å². The number of benzene rings is 1. The largest absolute Gasteiger partial charge is 0.444 e. The predicted molar refractivity (Wildman–Crippen MR) is 143 cm³/mol. The lowest BCUT2D eigenvalue weighted by atomic mass is 9.91. The highest BCUT2D eigenvalue weighted by Crippen LogP contribution is 2.41. The first-order chi connectivity index (χ1) is 17.3. The second-order valence-corrected chi connectivity index (χ2v) is 13.2. The second-order valence-electron chi connectivity index (χ2n) is 10.9. The Morgan fingerprint density at radius 1 is 1.14 bits per heavy atom. The molecule has 4 rings (SSSR count). The third-order valence-electron chi connectivity index (χ3n) is 6.94. The van der Waals surface area contributed by atoms with Gasteiger partial charge in [-0.3, -0.25) is 0 Å². The Bertz CT molecular complexity index is 1230. The van der Waals surface area contributed by atoms with E-state index < -0.39 is 26.3 Å². The number of carbonyl (C=O) groups is 1. The van der Waals surface area contributed by atoms with Crippen molar-refractivity contribution in [3.05, 3.63) is 36.0 Å². The smallest absolute Gasteiger partial charge is 0.410 e. The standard InChI is InChI=1S/C26H37N5O5S/c1-18-17-35-15-14-31(18)22-16-21(28-23(29-22)19-6-8-20(27)9-7-19)26(37(5,33)34)10-12-30(13-11-26)24(32)36-25(2,3)4/h6-9,16,18H,10-15,17,27H2,1-5H3/t18-/m0/s1. The van der Waals surface area contributed by atoms with E-state index in [0.717, 1.165) is 5.56 Å². The average molecular weight is 532 g/mol. The number of likely N-dealkylation sites (tertiary alicyclic amines) is 1. The highest BCUT2D eigenvalue weighted by atomic mass is 32.2. The number of aromatic nitrogens is 2. The Balaban J connectivity index is 1.77. The summed E-state index contributed by atoms with van der Waals surface area (Å²) >= 11 is 0. The molecule has 1 aromatic heterocycles. The summed E-state index contributed by atoms with van der Waals surface area (Å²) in [7, 11) is -3.62. The first-order valence-electron chi connectivity index (χ1n) is 12.6. The molecule has 0 bridgehead atoms. The molecule has 2 saturated heterocycles. The van der Waals surface area contributed by atoms with Gasteiger partial charge >= 0.3 is 6.09 Å². The van der Waals surface area contributed by atoms with Gasteiger partial charge in [0.2, 0.25) is 0 Å². The number of hydrogen-bond acceptors (Lipinski definition) is 9. The SMILES string of the molecule is C[C@H]1COCCN1c1cc(C2(S(C)(=O)=O)CCN(C(=O)OC(C)(C)C)CC2)nc(-c2ccc(N)cc2)n1. The van der Waals surface area contributed by atoms with E-state index in [0.29, 0.717) is 42.8 Å². The third-order valence-corrected chi connectivity index (χ3v) is 8.98. The van der Waals surface area contributed by atoms with E-state index in [1.54, 1.807) is 23.1 Å². The van der Waals surface area contributed by atoms with E-state index >= 15 is 0 Å². The Morgan fingerprint density at radius 3 is 2.35 bits per heavy atom. The molecular weight excluding hydrogens is 494 g/mol. The minimum atomic E-state index is -3.62. The number of amides is 1. The van der Waals surface area contributed by atoms with E-state index in [-0.39, 0.29) is 32.0 Å². The minimum Gasteiger partial charge on any atom is -0.444 e. The number of ether oxygens (including phenoxy) is 2. The van der Waals surface area contributed by atoms with Crippen LogP contribution in [0.3, 0.4) is 0 Å². The van der Waals surface area contributed by atoms with Crippen molar-refractivity contribution < 1.29 is 22.7 Å². The maximum Gasteiger partial charge on any atom is 0.410 e. The van der Waals surface area contributed by atoms with Crippen LogP contribution in [0.2, 0.25) is 0 Å². The maximum absolute atomic E-state index is 13.4. The number of hydrogen-bond donors (Lipinski definition) is 1. The first kappa shape index (κ1) is 27.1. The summed E-state index contributed by atoms with van der Waals surface area (Å²) in [5.74, 6) is 1.09. The van der Waals surface area contributed by atoms with Gasteiger partial charge in [-0.1, -0.05) is 0 Å². The van der Waals surface area contributed by atoms with Crippen molar-refractivity contribution in [2.24, 2.45) is 0 Å². The molecule has 37 heavy (non-hydrogen) atoms. The average Bonchev–Trinajstić information content (AvgIpc) is 2.83. The van der Waals surface area contributed by atoms with Gasteiger partial charge in [0, 0.05) is 43.2 Å². The first-order valence-corrected chi connectivity index (χ1v) is 14.5. The summed E-state index contributed by atoms with van der Waals surface area (Å²) in [6.45, 7) is 9.71. The number of sulfone groups is 1. The van der Waals surface area contributed by atoms with Gasteiger partial charge in [-0.2, -0.15) is 0 Å². The number of morpholine rings is 1. The zero-order valence-corrected chi connectivity index (χ0v) is 23.0. The number of carbonyl (C=O) groups excluding carboxylic acids is 1. The minimum absolute atomic E-state index is 0.0685. The number of nitrogens with zero attached hydrogens (tertiary/aromatic N) is 4. The summed E-state index contributed by atoms with van der Waals surface area (Å²) in [4.78, 5) is 26.0. The van der Waals surface area contributed by atoms with Crippen LogP contribution in [0.15, 0.2) is 30.3 Å². The summed E-state index contributed by atoms with van der Waals surface area (Å²) in [5, 5.41) is 0. The van der Waals surface area contributed by atoms with Crippen molar-refractivity contribution >= 4 is 27.4 Å². The molecule has 1 aromatic carbocycles. The van der Waals surface area contributed by atoms with Crippen LogP contribution in [-0.2, 0) is 24.1 Å². The van der Waals surface area contributed by atoms with E-state index in [1.807, 2.05) is 32.9 Å². The number of rotatable bonds is 4. The van der Waals surface area contributed by atoms with Gasteiger partial charge in [-0.05, 0) is 64.8 Å². The number of nitrogens with two attached hydrogens (primary N) is 1. The van der Waals surface area contributed by atoms with Gasteiger partial charge in [-0.25, -0.2) is 23.2 Å². The zero-order chi connectivity index (χ0) is 27.0. The van der Waals surface area contributed by atoms with E-state index in [4.69, 9.17) is 25.2 Å². The summed E-state index contributed by atoms with van der Waals surface area (Å²) < 4.78 is 36.7. The van der Waals surface area contributed by atoms with Crippen LogP contribution in [-0.4, -0.2) is 80.1 Å². The molecule has 10 nitrogen and oxygen atoms in total. The van der Waals surface area contributed by atoms with Crippen LogP contribution < -0.4 is 10.6 Å². The van der Waals surface area contributed by atoms with Crippen LogP contribution in [0.4, 0.5) is 16.3 Å². The van der Waals surface area contributed by atoms with Crippen LogP contribution in [0.1, 0.15) is 46.2 Å². The lowest BCUT2D eigenvalue weighted by molar-refractivity contribution is 0.0191. The number of nitrogen functional groups attached to an aromatic ring is 1. The maximum atomic E-state index is 13.4. The highest BCUT2D eigenvalue weighted by Gasteiger charge is 2.48. The van der Waals surface area contributed by atoms with Crippen molar-refractivity contribution in [2.45, 2.75) is 56.9 Å². The van der Waals surface area contributed by atoms with E-state index in [9.17, 15) is 13.2 Å². The van der Waals surface area contributed by atoms with Gasteiger partial charge in [0.25, 0.3) is 0 Å². The molecule has 1 atom stereocenters. The molecule has 1 amide bonds. The highest BCUT2D eigenvalue weighted by molar-refractivity contribution is 7.91. The molecule has 2 aromatic rings. The molecule has 3 heterocycles. The molecule has 2 N–H and O–H groups in total. The predicted octanol–water partition coefficient (Wildman–Crippen LogP) is 3.22. The summed E-state index contributed by atoms with van der Waals surface area (Å²) in [5.41, 5.74) is 7.05. The van der Waals surface area contributed by atoms with Crippen molar-refractivity contribution in [3.8, 4) is 11.4 Å². The van der Waals surface area contributed by atoms with E-state index in [2.05, 4.69) is 11.8 Å². The normalized spacial score (nSPS) is 20.5. The third kappa shape index (κ3) is 5.82. The Labute approximate surface area is 219 Å². The fourth-order valence-electron chi connectivity index (χ4n) is 4.84. The zero-order valence-electron chi connectivity index (χ0n) is 22.2. The van der Waals surface area contributed by atoms with Crippen LogP contribution in [0.25, 0.3) is 11.4 Å². The molecule has 0 saturated carbocycles. The number of piperidine rings is 1. The quantitative estimate of drug-likeness (QED) is 0.591. The molecule has 0 spiro atoms. The molecule has 0 aliphatic carbocycles. The van der Waals surface area contributed by atoms with Crippen molar-refractivity contribution in [1.82, 2.24) is 14.9 Å². The number of anilines is 2. The second kappa shape index (κ2) is 10.1. The van der Waals surface area contributed by atoms with Crippen LogP contribution in [0, 0.1) is 0 Å². The lowest BCUT2D eigenvalue weighted by Gasteiger charge is -2.41. The molecule has 0 unspecified atom stereocenters. The topological polar surface area (TPSA) is 128 Å². The Hall–Kier alpha value is -2.92. The fraction of sp³-hybridized carbons (Fsp3) is 0.577. The van der Waals surface area contributed by atoms with Crippen molar-refractivity contribution in [1.29, 1.82) is 0 Å². The molecule has 0 radical (unpaired) electrons. The van der Waals surface area contributed by atoms with Crippen molar-refractivity contribution in [3.63, 3.8) is 0 Å². The molecule has 11 heteroatoms. The molecule has 2 aliphatic rings. The monoisotopic (exact) mass is 531 g/mol. The van der Waals surface area contributed by atoms with Crippen LogP contribution in [0.5, 0.6) is 0 Å². The van der Waals surface area contributed by atoms with Gasteiger partial charge < -0.3 is 25.0 Å². The summed E-state index contributed by atoms with van der Waals surface area (Å²) in [6.07, 6.45) is 1.23. The molecular formula is C26H37N5O5S. The van der Waals surface area contributed by atoms with Gasteiger partial charge in [-0.15, -0.1) is 0 Å². The summed E-state index contributed by atoms with van der Waals surface area (Å²) in [6, 6.07) is 9.08. The van der Waals surface area contributed by atoms with Crippen molar-refractivity contribution in [2.75, 3.05) is 49.7 Å². The molecule has 2 fully saturated rings.